The van der Waals surface area contributed by atoms with Crippen LogP contribution in [0.2, 0.25) is 0 Å². The van der Waals surface area contributed by atoms with Crippen molar-refractivity contribution in [2.24, 2.45) is 5.41 Å². The van der Waals surface area contributed by atoms with Gasteiger partial charge in [0, 0.05) is 10.9 Å². The average Bonchev–Trinajstić information content (AvgIpc) is 2.47. The third-order valence-corrected chi connectivity index (χ3v) is 6.73. The van der Waals surface area contributed by atoms with Crippen molar-refractivity contribution in [3.05, 3.63) is 40.6 Å². The van der Waals surface area contributed by atoms with Crippen molar-refractivity contribution in [3.63, 3.8) is 0 Å². The smallest absolute Gasteiger partial charge is 0.208 e. The lowest BCUT2D eigenvalue weighted by Gasteiger charge is -2.24. The minimum absolute atomic E-state index is 0.0773. The first-order valence-electron chi connectivity index (χ1n) is 8.24. The maximum Gasteiger partial charge on any atom is 0.246 e. The van der Waals surface area contributed by atoms with E-state index in [1.165, 1.54) is 18.2 Å². The zero-order valence-corrected chi connectivity index (χ0v) is 15.8. The first-order chi connectivity index (χ1) is 10.8. The van der Waals surface area contributed by atoms with Gasteiger partial charge in [0.2, 0.25) is 10.0 Å². The van der Waals surface area contributed by atoms with E-state index in [1.807, 2.05) is 57.2 Å². The van der Waals surface area contributed by atoms with Gasteiger partial charge in [0.15, 0.2) is 0 Å². The number of sulfonamides is 1. The highest BCUT2D eigenvalue weighted by Gasteiger charge is 2.26. The molecule has 0 aromatic heterocycles. The van der Waals surface area contributed by atoms with Gasteiger partial charge in [0.1, 0.15) is 4.24 Å². The number of hydrogen-bond acceptors (Lipinski definition) is 3. The predicted octanol–water partition coefficient (Wildman–Crippen LogP) is 4.92. The Bertz CT molecular complexity index is 625. The van der Waals surface area contributed by atoms with Crippen molar-refractivity contribution in [2.75, 3.05) is 0 Å². The molecule has 0 saturated heterocycles. The van der Waals surface area contributed by atoms with Crippen LogP contribution in [-0.4, -0.2) is 14.5 Å². The minimum atomic E-state index is -3.48. The summed E-state index contributed by atoms with van der Waals surface area (Å²) in [6.07, 6.45) is 7.17. The number of thioether (sulfide) groups is 1. The highest BCUT2D eigenvalue weighted by molar-refractivity contribution is 8.18. The van der Waals surface area contributed by atoms with Gasteiger partial charge >= 0.3 is 0 Å². The van der Waals surface area contributed by atoms with Crippen molar-refractivity contribution in [1.82, 2.24) is 4.72 Å². The van der Waals surface area contributed by atoms with Crippen LogP contribution in [0.5, 0.6) is 0 Å². The second-order valence-corrected chi connectivity index (χ2v) is 10.3. The molecule has 0 spiro atoms. The maximum atomic E-state index is 12.9. The van der Waals surface area contributed by atoms with E-state index < -0.39 is 10.0 Å². The lowest BCUT2D eigenvalue weighted by atomic mass is 9.96. The first kappa shape index (κ1) is 18.6. The molecule has 3 nitrogen and oxygen atoms in total. The van der Waals surface area contributed by atoms with Crippen molar-refractivity contribution in [3.8, 4) is 0 Å². The highest BCUT2D eigenvalue weighted by Crippen LogP contribution is 2.34. The molecule has 1 aromatic carbocycles. The summed E-state index contributed by atoms with van der Waals surface area (Å²) in [5, 5.41) is 0. The molecule has 1 fully saturated rings. The molecule has 1 aliphatic carbocycles. The van der Waals surface area contributed by atoms with E-state index in [0.29, 0.717) is 4.24 Å². The molecular formula is C18H27NO2S2. The van der Waals surface area contributed by atoms with Gasteiger partial charge in [0.05, 0.1) is 0 Å². The Balaban J connectivity index is 2.23. The molecule has 23 heavy (non-hydrogen) atoms. The molecular weight excluding hydrogens is 326 g/mol. The Hall–Kier alpha value is -0.780. The predicted molar refractivity (Wildman–Crippen MR) is 98.8 cm³/mol. The SMILES string of the molecule is CC(C)(C)/C=C(\Sc1ccccc1)S(=O)(=O)NC1CCCCC1. The molecule has 5 heteroatoms. The molecule has 1 saturated carbocycles. The van der Waals surface area contributed by atoms with E-state index in [2.05, 4.69) is 4.72 Å². The van der Waals surface area contributed by atoms with Crippen LogP contribution in [0, 0.1) is 5.41 Å². The molecule has 0 atom stereocenters. The quantitative estimate of drug-likeness (QED) is 0.764. The summed E-state index contributed by atoms with van der Waals surface area (Å²) in [6.45, 7) is 6.07. The van der Waals surface area contributed by atoms with Crippen LogP contribution < -0.4 is 4.72 Å². The molecule has 0 unspecified atom stereocenters. The van der Waals surface area contributed by atoms with Crippen LogP contribution in [0.4, 0.5) is 0 Å². The Morgan fingerprint density at radius 2 is 1.74 bits per heavy atom. The summed E-state index contributed by atoms with van der Waals surface area (Å²) < 4.78 is 29.1. The van der Waals surface area contributed by atoms with Crippen molar-refractivity contribution >= 4 is 21.8 Å². The Morgan fingerprint density at radius 1 is 1.13 bits per heavy atom. The molecule has 0 heterocycles. The van der Waals surface area contributed by atoms with Crippen LogP contribution in [0.15, 0.2) is 45.5 Å². The Morgan fingerprint density at radius 3 is 2.30 bits per heavy atom. The summed E-state index contributed by atoms with van der Waals surface area (Å²) in [7, 11) is -3.48. The fourth-order valence-corrected chi connectivity index (χ4v) is 5.73. The topological polar surface area (TPSA) is 46.2 Å². The van der Waals surface area contributed by atoms with Crippen LogP contribution >= 0.6 is 11.8 Å². The van der Waals surface area contributed by atoms with E-state index in [9.17, 15) is 8.42 Å². The van der Waals surface area contributed by atoms with Crippen LogP contribution in [0.25, 0.3) is 0 Å². The van der Waals surface area contributed by atoms with Gasteiger partial charge < -0.3 is 0 Å². The summed E-state index contributed by atoms with van der Waals surface area (Å²) in [4.78, 5) is 0.942. The van der Waals surface area contributed by atoms with Crippen molar-refractivity contribution in [1.29, 1.82) is 0 Å². The fraction of sp³-hybridized carbons (Fsp3) is 0.556. The third kappa shape index (κ3) is 6.32. The van der Waals surface area contributed by atoms with Gasteiger partial charge in [-0.3, -0.25) is 0 Å². The normalized spacial score (nSPS) is 18.1. The first-order valence-corrected chi connectivity index (χ1v) is 10.5. The fourth-order valence-electron chi connectivity index (χ4n) is 2.62. The van der Waals surface area contributed by atoms with E-state index in [4.69, 9.17) is 0 Å². The van der Waals surface area contributed by atoms with E-state index in [-0.39, 0.29) is 11.5 Å². The molecule has 1 N–H and O–H groups in total. The molecule has 0 radical (unpaired) electrons. The Labute approximate surface area is 145 Å². The Kier molecular flexibility index (Phi) is 6.34. The van der Waals surface area contributed by atoms with Crippen LogP contribution in [-0.2, 0) is 10.0 Å². The minimum Gasteiger partial charge on any atom is -0.208 e. The highest BCUT2D eigenvalue weighted by atomic mass is 32.3. The number of nitrogens with one attached hydrogen (secondary N) is 1. The van der Waals surface area contributed by atoms with E-state index >= 15 is 0 Å². The van der Waals surface area contributed by atoms with Gasteiger partial charge in [-0.1, -0.05) is 76.1 Å². The molecule has 1 aromatic rings. The van der Waals surface area contributed by atoms with Crippen LogP contribution in [0.3, 0.4) is 0 Å². The largest absolute Gasteiger partial charge is 0.246 e. The number of allylic oxidation sites excluding steroid dienone is 1. The van der Waals surface area contributed by atoms with Crippen LogP contribution in [0.1, 0.15) is 52.9 Å². The summed E-state index contributed by atoms with van der Waals surface area (Å²) in [5.41, 5.74) is -0.196. The second kappa shape index (κ2) is 7.86. The van der Waals surface area contributed by atoms with Crippen molar-refractivity contribution in [2.45, 2.75) is 63.8 Å². The lowest BCUT2D eigenvalue weighted by Crippen LogP contribution is -2.36. The average molecular weight is 354 g/mol. The van der Waals surface area contributed by atoms with Gasteiger partial charge in [-0.05, 0) is 30.4 Å². The standard InChI is InChI=1S/C18H27NO2S2/c1-18(2,3)14-17(22-16-12-8-5-9-13-16)23(20,21)19-15-10-6-4-7-11-15/h5,8-9,12-15,19H,4,6-7,10-11H2,1-3H3/b17-14+. The van der Waals surface area contributed by atoms with Gasteiger partial charge in [0.25, 0.3) is 0 Å². The molecule has 128 valence electrons. The maximum absolute atomic E-state index is 12.9. The molecule has 2 rings (SSSR count). The summed E-state index contributed by atoms with van der Waals surface area (Å²) in [5.74, 6) is 0. The molecule has 0 aliphatic heterocycles. The third-order valence-electron chi connectivity index (χ3n) is 3.70. The summed E-state index contributed by atoms with van der Waals surface area (Å²) >= 11 is 1.32. The van der Waals surface area contributed by atoms with Crippen molar-refractivity contribution < 1.29 is 8.42 Å². The monoisotopic (exact) mass is 353 g/mol. The van der Waals surface area contributed by atoms with Gasteiger partial charge in [-0.15, -0.1) is 0 Å². The number of hydrogen-bond donors (Lipinski definition) is 1. The number of benzene rings is 1. The van der Waals surface area contributed by atoms with Gasteiger partial charge in [-0.25, -0.2) is 13.1 Å². The van der Waals surface area contributed by atoms with Gasteiger partial charge in [-0.2, -0.15) is 0 Å². The molecule has 1 aliphatic rings. The van der Waals surface area contributed by atoms with E-state index in [0.717, 1.165) is 30.6 Å². The van der Waals surface area contributed by atoms with E-state index in [1.54, 1.807) is 0 Å². The zero-order valence-electron chi connectivity index (χ0n) is 14.2. The molecule has 0 bridgehead atoms. The summed E-state index contributed by atoms with van der Waals surface area (Å²) in [6, 6.07) is 9.75. The number of rotatable bonds is 5. The lowest BCUT2D eigenvalue weighted by molar-refractivity contribution is 0.413. The molecule has 0 amide bonds. The second-order valence-electron chi connectivity index (χ2n) is 7.20. The zero-order chi connectivity index (χ0) is 16.9.